The topological polar surface area (TPSA) is 25.8 Å². The van der Waals surface area contributed by atoms with Crippen molar-refractivity contribution in [1.82, 2.24) is 9.97 Å². The third kappa shape index (κ3) is 2.26. The normalized spacial score (nSPS) is 9.89. The van der Waals surface area contributed by atoms with Gasteiger partial charge in [-0.25, -0.2) is 0 Å². The molecule has 0 spiro atoms. The van der Waals surface area contributed by atoms with Crippen molar-refractivity contribution in [3.05, 3.63) is 22.3 Å². The van der Waals surface area contributed by atoms with Gasteiger partial charge in [0.1, 0.15) is 0 Å². The molecule has 0 radical (unpaired) electrons. The Morgan fingerprint density at radius 1 is 1.56 bits per heavy atom. The monoisotopic (exact) mass is 235 g/mol. The van der Waals surface area contributed by atoms with Gasteiger partial charge < -0.3 is 0 Å². The first-order valence-electron chi connectivity index (χ1n) is 2.78. The number of hydrogen-bond donors (Lipinski definition) is 0. The van der Waals surface area contributed by atoms with E-state index in [1.54, 1.807) is 12.4 Å². The number of nitrogens with zero attached hydrogens (tertiary/aromatic N) is 2. The van der Waals surface area contributed by atoms with Crippen LogP contribution in [-0.4, -0.2) is 14.4 Å². The van der Waals surface area contributed by atoms with Crippen LogP contribution in [0.3, 0.4) is 0 Å². The molecular weight excluding hydrogens is 227 g/mol. The summed E-state index contributed by atoms with van der Waals surface area (Å²) in [7, 11) is 0. The van der Waals surface area contributed by atoms with Gasteiger partial charge >= 0.3 is 64.8 Å². The summed E-state index contributed by atoms with van der Waals surface area (Å²) in [6, 6.07) is 0. The van der Waals surface area contributed by atoms with Crippen molar-refractivity contribution < 1.29 is 21.2 Å². The van der Waals surface area contributed by atoms with Crippen molar-refractivity contribution >= 4 is 0 Å². The van der Waals surface area contributed by atoms with Crippen LogP contribution in [0.1, 0.15) is 6.92 Å². The summed E-state index contributed by atoms with van der Waals surface area (Å²) in [4.78, 5) is 8.12. The van der Waals surface area contributed by atoms with Crippen molar-refractivity contribution in [1.29, 1.82) is 0 Å². The average molecular weight is 235 g/mol. The molecule has 1 rings (SSSR count). The molecule has 0 unspecified atom stereocenters. The minimum atomic E-state index is 0.156. The number of halogens is 1. The summed E-state index contributed by atoms with van der Waals surface area (Å²) in [5.74, 6) is 0. The summed E-state index contributed by atoms with van der Waals surface area (Å²) in [5, 5.41) is 0. The molecule has 0 fully saturated rings. The van der Waals surface area contributed by atoms with E-state index in [0.29, 0.717) is 0 Å². The number of rotatable bonds is 2. The zero-order valence-electron chi connectivity index (χ0n) is 5.21. The first-order chi connectivity index (χ1) is 4.43. The molecule has 0 aromatic carbocycles. The van der Waals surface area contributed by atoms with Crippen molar-refractivity contribution in [2.45, 2.75) is 6.92 Å². The summed E-state index contributed by atoms with van der Waals surface area (Å²) < 4.78 is 2.44. The maximum atomic E-state index is 4.15. The predicted octanol–water partition coefficient (Wildman–Crippen LogP) is -2.24. The molecule has 0 N–H and O–H groups in total. The van der Waals surface area contributed by atoms with Crippen LogP contribution in [0.25, 0.3) is 0 Å². The Morgan fingerprint density at radius 3 is 3.00 bits per heavy atom. The van der Waals surface area contributed by atoms with Crippen molar-refractivity contribution in [3.8, 4) is 0 Å². The Balaban J connectivity index is 2.61. The molecule has 1 heterocycles. The van der Waals surface area contributed by atoms with Gasteiger partial charge in [-0.05, 0) is 0 Å². The van der Waals surface area contributed by atoms with Gasteiger partial charge in [0, 0.05) is 0 Å². The molecule has 0 aliphatic carbocycles. The molecule has 2 nitrogen and oxygen atoms in total. The zero-order chi connectivity index (χ0) is 6.53. The molecule has 0 saturated heterocycles. The van der Waals surface area contributed by atoms with Crippen LogP contribution >= 0.6 is 0 Å². The van der Waals surface area contributed by atoms with E-state index in [1.165, 1.54) is 8.13 Å². The van der Waals surface area contributed by atoms with Crippen molar-refractivity contribution in [2.75, 3.05) is 4.43 Å². The van der Waals surface area contributed by atoms with E-state index in [2.05, 4.69) is 16.9 Å². The van der Waals surface area contributed by atoms with Crippen LogP contribution < -0.4 is 21.2 Å². The summed E-state index contributed by atoms with van der Waals surface area (Å²) >= 11 is 0.156. The van der Waals surface area contributed by atoms with Crippen LogP contribution in [-0.2, 0) is 0 Å². The van der Waals surface area contributed by atoms with Gasteiger partial charge in [-0.15, -0.1) is 0 Å². The van der Waals surface area contributed by atoms with Crippen molar-refractivity contribution in [3.63, 3.8) is 0 Å². The second-order valence-corrected chi connectivity index (χ2v) is 4.82. The molecule has 0 saturated carbocycles. The van der Waals surface area contributed by atoms with Gasteiger partial charge in [0.15, 0.2) is 0 Å². The van der Waals surface area contributed by atoms with Crippen LogP contribution in [0, 0.1) is 3.70 Å². The molecular formula is C6H8IN2-. The molecule has 3 heteroatoms. The second kappa shape index (κ2) is 3.76. The van der Waals surface area contributed by atoms with Crippen LogP contribution in [0.15, 0.2) is 18.6 Å². The molecule has 0 aliphatic rings. The number of hydrogen-bond acceptors (Lipinski definition) is 2. The molecule has 0 aliphatic heterocycles. The van der Waals surface area contributed by atoms with Gasteiger partial charge in [0.2, 0.25) is 0 Å². The fourth-order valence-electron chi connectivity index (χ4n) is 0.487. The van der Waals surface area contributed by atoms with Crippen molar-refractivity contribution in [2.24, 2.45) is 0 Å². The summed E-state index contributed by atoms with van der Waals surface area (Å²) in [6.07, 6.45) is 5.32. The SMILES string of the molecule is CC[I-]c1cnccn1. The van der Waals surface area contributed by atoms with E-state index in [-0.39, 0.29) is 21.2 Å². The second-order valence-electron chi connectivity index (χ2n) is 1.43. The Bertz CT molecular complexity index is 164. The third-order valence-corrected chi connectivity index (χ3v) is 2.90. The standard InChI is InChI=1S/C6H8IN2/c1-2-7-6-5-8-3-4-9-6/h3-5H,2H2,1H3/q-1. The Labute approximate surface area is 65.0 Å². The fraction of sp³-hybridized carbons (Fsp3) is 0.333. The predicted molar refractivity (Wildman–Crippen MR) is 31.3 cm³/mol. The van der Waals surface area contributed by atoms with E-state index >= 15 is 0 Å². The Hall–Kier alpha value is -0.190. The van der Waals surface area contributed by atoms with Gasteiger partial charge in [-0.2, -0.15) is 0 Å². The fourth-order valence-corrected chi connectivity index (χ4v) is 1.98. The van der Waals surface area contributed by atoms with Crippen LogP contribution in [0.2, 0.25) is 0 Å². The van der Waals surface area contributed by atoms with E-state index < -0.39 is 0 Å². The first-order valence-corrected chi connectivity index (χ1v) is 5.39. The van der Waals surface area contributed by atoms with Gasteiger partial charge in [-0.1, -0.05) is 0 Å². The molecule has 1 aromatic heterocycles. The molecule has 1 aromatic rings. The Morgan fingerprint density at radius 2 is 2.44 bits per heavy atom. The minimum absolute atomic E-state index is 0.156. The Kier molecular flexibility index (Phi) is 2.90. The van der Waals surface area contributed by atoms with Gasteiger partial charge in [0.05, 0.1) is 0 Å². The van der Waals surface area contributed by atoms with Gasteiger partial charge in [0.25, 0.3) is 0 Å². The van der Waals surface area contributed by atoms with Crippen LogP contribution in [0.4, 0.5) is 0 Å². The van der Waals surface area contributed by atoms with Crippen LogP contribution in [0.5, 0.6) is 0 Å². The third-order valence-electron chi connectivity index (χ3n) is 0.802. The molecule has 0 bridgehead atoms. The summed E-state index contributed by atoms with van der Waals surface area (Å²) in [6.45, 7) is 2.18. The van der Waals surface area contributed by atoms with E-state index in [4.69, 9.17) is 0 Å². The van der Waals surface area contributed by atoms with E-state index in [9.17, 15) is 0 Å². The average Bonchev–Trinajstić information content (AvgIpc) is 1.91. The molecule has 0 amide bonds. The van der Waals surface area contributed by atoms with Gasteiger partial charge in [-0.3, -0.25) is 0 Å². The molecule has 9 heavy (non-hydrogen) atoms. The van der Waals surface area contributed by atoms with E-state index in [1.807, 2.05) is 6.20 Å². The summed E-state index contributed by atoms with van der Waals surface area (Å²) in [5.41, 5.74) is 0. The quantitative estimate of drug-likeness (QED) is 0.427. The molecule has 0 atom stereocenters. The maximum absolute atomic E-state index is 4.15. The number of aromatic nitrogens is 2. The zero-order valence-corrected chi connectivity index (χ0v) is 7.37. The van der Waals surface area contributed by atoms with E-state index in [0.717, 1.165) is 0 Å². The molecule has 50 valence electrons. The number of alkyl halides is 1. The first kappa shape index (κ1) is 6.92.